The van der Waals surface area contributed by atoms with Gasteiger partial charge in [-0.2, -0.15) is 0 Å². The Morgan fingerprint density at radius 1 is 1.16 bits per heavy atom. The SMILES string of the molecule is CCc1ncc(NCc2ncc(CN(C)C)s2)cn1. The largest absolute Gasteiger partial charge is 0.376 e. The first-order chi connectivity index (χ1) is 9.17. The Hall–Kier alpha value is -1.53. The molecule has 0 unspecified atom stereocenters. The third kappa shape index (κ3) is 4.25. The average Bonchev–Trinajstić information content (AvgIpc) is 2.84. The summed E-state index contributed by atoms with van der Waals surface area (Å²) in [6, 6.07) is 0. The van der Waals surface area contributed by atoms with E-state index in [4.69, 9.17) is 0 Å². The third-order valence-corrected chi connectivity index (χ3v) is 3.52. The predicted molar refractivity (Wildman–Crippen MR) is 78.2 cm³/mol. The molecule has 0 spiro atoms. The molecule has 1 N–H and O–H groups in total. The molecule has 0 atom stereocenters. The summed E-state index contributed by atoms with van der Waals surface area (Å²) in [6.07, 6.45) is 6.44. The number of aromatic nitrogens is 3. The second-order valence-corrected chi connectivity index (χ2v) is 5.75. The lowest BCUT2D eigenvalue weighted by molar-refractivity contribution is 0.406. The number of nitrogens with one attached hydrogen (secondary N) is 1. The molecule has 0 radical (unpaired) electrons. The number of nitrogens with zero attached hydrogens (tertiary/aromatic N) is 4. The van der Waals surface area contributed by atoms with Crippen LogP contribution in [-0.4, -0.2) is 33.9 Å². The summed E-state index contributed by atoms with van der Waals surface area (Å²) < 4.78 is 0. The molecular weight excluding hydrogens is 258 g/mol. The summed E-state index contributed by atoms with van der Waals surface area (Å²) in [6.45, 7) is 3.70. The Balaban J connectivity index is 1.89. The summed E-state index contributed by atoms with van der Waals surface area (Å²) in [4.78, 5) is 16.3. The minimum atomic E-state index is 0.715. The van der Waals surface area contributed by atoms with Crippen molar-refractivity contribution in [1.29, 1.82) is 0 Å². The van der Waals surface area contributed by atoms with E-state index >= 15 is 0 Å². The zero-order valence-corrected chi connectivity index (χ0v) is 12.4. The van der Waals surface area contributed by atoms with Crippen LogP contribution in [0.15, 0.2) is 18.6 Å². The Kier molecular flexibility index (Phi) is 4.81. The van der Waals surface area contributed by atoms with Crippen molar-refractivity contribution in [1.82, 2.24) is 19.9 Å². The van der Waals surface area contributed by atoms with Gasteiger partial charge in [-0.25, -0.2) is 15.0 Å². The first-order valence-electron chi connectivity index (χ1n) is 6.30. The van der Waals surface area contributed by atoms with Crippen molar-refractivity contribution in [3.63, 3.8) is 0 Å². The Bertz CT molecular complexity index is 506. The van der Waals surface area contributed by atoms with E-state index in [9.17, 15) is 0 Å². The van der Waals surface area contributed by atoms with Crippen LogP contribution >= 0.6 is 11.3 Å². The van der Waals surface area contributed by atoms with Gasteiger partial charge in [-0.05, 0) is 14.1 Å². The van der Waals surface area contributed by atoms with Crippen LogP contribution in [0.5, 0.6) is 0 Å². The van der Waals surface area contributed by atoms with Crippen molar-refractivity contribution in [2.45, 2.75) is 26.4 Å². The molecule has 2 heterocycles. The number of thiazole rings is 1. The van der Waals surface area contributed by atoms with E-state index in [1.54, 1.807) is 11.3 Å². The van der Waals surface area contributed by atoms with Crippen molar-refractivity contribution in [2.75, 3.05) is 19.4 Å². The van der Waals surface area contributed by atoms with Gasteiger partial charge < -0.3 is 10.2 Å². The van der Waals surface area contributed by atoms with Crippen LogP contribution in [0.3, 0.4) is 0 Å². The minimum Gasteiger partial charge on any atom is -0.376 e. The van der Waals surface area contributed by atoms with Gasteiger partial charge in [0.15, 0.2) is 0 Å². The van der Waals surface area contributed by atoms with E-state index in [-0.39, 0.29) is 0 Å². The van der Waals surface area contributed by atoms with Crippen LogP contribution in [0.1, 0.15) is 22.6 Å². The molecule has 2 aromatic rings. The first-order valence-corrected chi connectivity index (χ1v) is 7.12. The predicted octanol–water partition coefficient (Wildman–Crippen LogP) is 2.17. The molecule has 19 heavy (non-hydrogen) atoms. The Labute approximate surface area is 117 Å². The van der Waals surface area contributed by atoms with Gasteiger partial charge in [-0.15, -0.1) is 11.3 Å². The highest BCUT2D eigenvalue weighted by atomic mass is 32.1. The van der Waals surface area contributed by atoms with Gasteiger partial charge in [-0.1, -0.05) is 6.92 Å². The highest BCUT2D eigenvalue weighted by Gasteiger charge is 2.03. The summed E-state index contributed by atoms with van der Waals surface area (Å²) >= 11 is 1.73. The number of rotatable bonds is 6. The molecule has 6 heteroatoms. The summed E-state index contributed by atoms with van der Waals surface area (Å²) in [7, 11) is 4.12. The molecule has 2 rings (SSSR count). The maximum atomic E-state index is 4.41. The highest BCUT2D eigenvalue weighted by Crippen LogP contribution is 2.15. The lowest BCUT2D eigenvalue weighted by Gasteiger charge is -2.05. The van der Waals surface area contributed by atoms with Crippen LogP contribution in [0.2, 0.25) is 0 Å². The van der Waals surface area contributed by atoms with Crippen LogP contribution in [0.25, 0.3) is 0 Å². The molecule has 102 valence electrons. The van der Waals surface area contributed by atoms with E-state index in [0.717, 1.165) is 29.5 Å². The van der Waals surface area contributed by atoms with Crippen LogP contribution < -0.4 is 5.32 Å². The highest BCUT2D eigenvalue weighted by molar-refractivity contribution is 7.11. The number of hydrogen-bond donors (Lipinski definition) is 1. The molecule has 2 aromatic heterocycles. The van der Waals surface area contributed by atoms with Gasteiger partial charge >= 0.3 is 0 Å². The molecule has 0 bridgehead atoms. The first kappa shape index (κ1) is 13.9. The van der Waals surface area contributed by atoms with E-state index in [0.29, 0.717) is 6.54 Å². The van der Waals surface area contributed by atoms with Gasteiger partial charge in [-0.3, -0.25) is 0 Å². The maximum absolute atomic E-state index is 4.41. The zero-order valence-electron chi connectivity index (χ0n) is 11.6. The van der Waals surface area contributed by atoms with E-state index < -0.39 is 0 Å². The van der Waals surface area contributed by atoms with E-state index in [1.165, 1.54) is 4.88 Å². The van der Waals surface area contributed by atoms with Gasteiger partial charge in [0.05, 0.1) is 24.6 Å². The van der Waals surface area contributed by atoms with Crippen LogP contribution in [0.4, 0.5) is 5.69 Å². The molecule has 0 aromatic carbocycles. The average molecular weight is 277 g/mol. The Morgan fingerprint density at radius 2 is 1.89 bits per heavy atom. The minimum absolute atomic E-state index is 0.715. The van der Waals surface area contributed by atoms with Crippen molar-refractivity contribution < 1.29 is 0 Å². The molecule has 0 fully saturated rings. The van der Waals surface area contributed by atoms with Gasteiger partial charge in [0.1, 0.15) is 10.8 Å². The van der Waals surface area contributed by atoms with E-state index in [1.807, 2.05) is 25.5 Å². The smallest absolute Gasteiger partial charge is 0.128 e. The van der Waals surface area contributed by atoms with E-state index in [2.05, 4.69) is 39.3 Å². The normalized spacial score (nSPS) is 10.9. The molecule has 0 aliphatic rings. The van der Waals surface area contributed by atoms with Gasteiger partial charge in [0.2, 0.25) is 0 Å². The van der Waals surface area contributed by atoms with Gasteiger partial charge in [0.25, 0.3) is 0 Å². The molecule has 0 aliphatic heterocycles. The fourth-order valence-electron chi connectivity index (χ4n) is 1.62. The van der Waals surface area contributed by atoms with Crippen LogP contribution in [-0.2, 0) is 19.5 Å². The third-order valence-electron chi connectivity index (χ3n) is 2.54. The molecule has 0 amide bonds. The maximum Gasteiger partial charge on any atom is 0.128 e. The van der Waals surface area contributed by atoms with Crippen molar-refractivity contribution >= 4 is 17.0 Å². The zero-order chi connectivity index (χ0) is 13.7. The summed E-state index contributed by atoms with van der Waals surface area (Å²) in [5, 5.41) is 4.37. The number of aryl methyl sites for hydroxylation is 1. The summed E-state index contributed by atoms with van der Waals surface area (Å²) in [5.74, 6) is 0.869. The topological polar surface area (TPSA) is 53.9 Å². The van der Waals surface area contributed by atoms with Crippen molar-refractivity contribution in [2.24, 2.45) is 0 Å². The molecule has 0 saturated heterocycles. The van der Waals surface area contributed by atoms with Crippen LogP contribution in [0, 0.1) is 0 Å². The fraction of sp³-hybridized carbons (Fsp3) is 0.462. The van der Waals surface area contributed by atoms with Crippen molar-refractivity contribution in [3.05, 3.63) is 34.3 Å². The lowest BCUT2D eigenvalue weighted by Crippen LogP contribution is -2.09. The number of hydrogen-bond acceptors (Lipinski definition) is 6. The molecular formula is C13H19N5S. The fourth-order valence-corrected chi connectivity index (χ4v) is 2.60. The lowest BCUT2D eigenvalue weighted by atomic mass is 10.4. The van der Waals surface area contributed by atoms with Gasteiger partial charge in [0, 0.05) is 24.0 Å². The standard InChI is InChI=1S/C13H19N5S/c1-4-12-15-5-10(6-16-12)14-8-13-17-7-11(19-13)9-18(2)3/h5-7,14H,4,8-9H2,1-3H3. The quantitative estimate of drug-likeness (QED) is 0.877. The van der Waals surface area contributed by atoms with Crippen molar-refractivity contribution in [3.8, 4) is 0 Å². The Morgan fingerprint density at radius 3 is 2.53 bits per heavy atom. The second-order valence-electron chi connectivity index (χ2n) is 4.55. The second kappa shape index (κ2) is 6.58. The monoisotopic (exact) mass is 277 g/mol. The molecule has 0 saturated carbocycles. The molecule has 5 nitrogen and oxygen atoms in total. The number of anilines is 1. The summed E-state index contributed by atoms with van der Waals surface area (Å²) in [5.41, 5.74) is 0.932. The molecule has 0 aliphatic carbocycles.